The summed E-state index contributed by atoms with van der Waals surface area (Å²) < 4.78 is 21.0. The van der Waals surface area contributed by atoms with E-state index in [9.17, 15) is 9.18 Å². The van der Waals surface area contributed by atoms with Crippen LogP contribution in [0.5, 0.6) is 5.75 Å². The van der Waals surface area contributed by atoms with Crippen molar-refractivity contribution >= 4 is 35.0 Å². The lowest BCUT2D eigenvalue weighted by Gasteiger charge is -2.11. The quantitative estimate of drug-likeness (QED) is 0.338. The van der Waals surface area contributed by atoms with Gasteiger partial charge >= 0.3 is 0 Å². The van der Waals surface area contributed by atoms with Crippen molar-refractivity contribution in [2.45, 2.75) is 12.1 Å². The van der Waals surface area contributed by atoms with E-state index in [0.29, 0.717) is 33.0 Å². The van der Waals surface area contributed by atoms with E-state index >= 15 is 0 Å². The molecule has 4 aromatic rings. The second kappa shape index (κ2) is 10.1. The highest BCUT2D eigenvalue weighted by Gasteiger charge is 2.18. The Morgan fingerprint density at radius 2 is 1.91 bits per heavy atom. The molecule has 3 aromatic carbocycles. The summed E-state index contributed by atoms with van der Waals surface area (Å²) in [6.07, 6.45) is 0. The first kappa shape index (κ1) is 22.8. The average molecular weight is 483 g/mol. The number of halogens is 2. The van der Waals surface area contributed by atoms with Crippen LogP contribution in [0.25, 0.3) is 17.1 Å². The van der Waals surface area contributed by atoms with Gasteiger partial charge in [0.2, 0.25) is 5.91 Å². The van der Waals surface area contributed by atoms with Crippen LogP contribution >= 0.6 is 23.4 Å². The van der Waals surface area contributed by atoms with Crippen molar-refractivity contribution in [3.05, 3.63) is 83.1 Å². The number of carbonyl (C=O) groups excluding carboxylic acids is 1. The Kier molecular flexibility index (Phi) is 6.96. The molecule has 1 N–H and O–H groups in total. The maximum atomic E-state index is 13.8. The maximum absolute atomic E-state index is 13.8. The summed E-state index contributed by atoms with van der Waals surface area (Å²) in [5, 5.41) is 12.5. The molecule has 0 bridgehead atoms. The van der Waals surface area contributed by atoms with Gasteiger partial charge in [-0.3, -0.25) is 9.36 Å². The Hall–Kier alpha value is -3.36. The first-order valence-electron chi connectivity index (χ1n) is 9.99. The minimum atomic E-state index is -0.370. The first-order valence-corrected chi connectivity index (χ1v) is 11.4. The minimum absolute atomic E-state index is 0.0688. The number of nitrogens with one attached hydrogen (secondary N) is 1. The van der Waals surface area contributed by atoms with Gasteiger partial charge in [0.05, 0.1) is 12.9 Å². The van der Waals surface area contributed by atoms with Crippen LogP contribution in [0.15, 0.2) is 71.9 Å². The molecule has 9 heteroatoms. The number of anilines is 1. The third kappa shape index (κ3) is 5.35. The zero-order chi connectivity index (χ0) is 23.4. The summed E-state index contributed by atoms with van der Waals surface area (Å²) in [7, 11) is 1.60. The molecular formula is C24H20ClFN4O2S. The molecule has 0 aliphatic carbocycles. The number of benzene rings is 3. The van der Waals surface area contributed by atoms with E-state index in [4.69, 9.17) is 16.3 Å². The van der Waals surface area contributed by atoms with E-state index in [1.165, 1.54) is 17.8 Å². The highest BCUT2D eigenvalue weighted by Crippen LogP contribution is 2.30. The highest BCUT2D eigenvalue weighted by atomic mass is 35.5. The van der Waals surface area contributed by atoms with E-state index in [0.717, 1.165) is 11.3 Å². The molecule has 0 saturated carbocycles. The summed E-state index contributed by atoms with van der Waals surface area (Å²) >= 11 is 7.29. The van der Waals surface area contributed by atoms with Crippen molar-refractivity contribution in [3.8, 4) is 22.8 Å². The lowest BCUT2D eigenvalue weighted by Crippen LogP contribution is -2.14. The standard InChI is InChI=1S/C24H20ClFN4O2S/c1-15-6-9-18(13-21(15)26)27-22(31)14-33-24-29-28-23(16-4-3-5-20(12-16)32-2)30(24)19-10-7-17(25)8-11-19/h3-13H,14H2,1-2H3,(H,27,31). The molecule has 0 aliphatic rings. The van der Waals surface area contributed by atoms with E-state index < -0.39 is 0 Å². The fraction of sp³-hybridized carbons (Fsp3) is 0.125. The normalized spacial score (nSPS) is 10.8. The van der Waals surface area contributed by atoms with Gasteiger partial charge in [-0.25, -0.2) is 4.39 Å². The first-order chi connectivity index (χ1) is 15.9. The number of hydrogen-bond acceptors (Lipinski definition) is 5. The molecule has 0 radical (unpaired) electrons. The second-order valence-electron chi connectivity index (χ2n) is 7.15. The molecule has 0 fully saturated rings. The zero-order valence-corrected chi connectivity index (χ0v) is 19.5. The third-order valence-electron chi connectivity index (χ3n) is 4.83. The molecule has 6 nitrogen and oxygen atoms in total. The van der Waals surface area contributed by atoms with Crippen LogP contribution in [0, 0.1) is 12.7 Å². The summed E-state index contributed by atoms with van der Waals surface area (Å²) in [6.45, 7) is 1.67. The van der Waals surface area contributed by atoms with E-state index in [1.807, 2.05) is 41.0 Å². The molecule has 1 heterocycles. The number of thioether (sulfide) groups is 1. The van der Waals surface area contributed by atoms with Crippen molar-refractivity contribution in [3.63, 3.8) is 0 Å². The number of carbonyl (C=O) groups is 1. The molecule has 0 atom stereocenters. The van der Waals surface area contributed by atoms with Gasteiger partial charge in [-0.2, -0.15) is 0 Å². The third-order valence-corrected chi connectivity index (χ3v) is 6.01. The lowest BCUT2D eigenvalue weighted by atomic mass is 10.2. The van der Waals surface area contributed by atoms with Gasteiger partial charge in [0.25, 0.3) is 0 Å². The summed E-state index contributed by atoms with van der Waals surface area (Å²) in [6, 6.07) is 19.3. The Morgan fingerprint density at radius 3 is 2.64 bits per heavy atom. The number of aryl methyl sites for hydroxylation is 1. The largest absolute Gasteiger partial charge is 0.497 e. The van der Waals surface area contributed by atoms with Crippen molar-refractivity contribution in [2.24, 2.45) is 0 Å². The van der Waals surface area contributed by atoms with Gasteiger partial charge in [-0.1, -0.05) is 41.6 Å². The Balaban J connectivity index is 1.60. The molecule has 1 aromatic heterocycles. The van der Waals surface area contributed by atoms with Gasteiger partial charge in [0.15, 0.2) is 11.0 Å². The van der Waals surface area contributed by atoms with Crippen LogP contribution in [-0.2, 0) is 4.79 Å². The van der Waals surface area contributed by atoms with Crippen LogP contribution in [0.4, 0.5) is 10.1 Å². The number of methoxy groups -OCH3 is 1. The number of hydrogen-bond donors (Lipinski definition) is 1. The molecule has 168 valence electrons. The molecule has 0 unspecified atom stereocenters. The van der Waals surface area contributed by atoms with Crippen molar-refractivity contribution in [1.82, 2.24) is 14.8 Å². The monoisotopic (exact) mass is 482 g/mol. The molecule has 0 spiro atoms. The SMILES string of the molecule is COc1cccc(-c2nnc(SCC(=O)Nc3ccc(C)c(F)c3)n2-c2ccc(Cl)cc2)c1. The lowest BCUT2D eigenvalue weighted by molar-refractivity contribution is -0.113. The molecule has 0 saturated heterocycles. The number of nitrogens with zero attached hydrogens (tertiary/aromatic N) is 3. The summed E-state index contributed by atoms with van der Waals surface area (Å²) in [5.74, 6) is 0.707. The fourth-order valence-electron chi connectivity index (χ4n) is 3.13. The molecule has 0 aliphatic heterocycles. The van der Waals surface area contributed by atoms with Crippen molar-refractivity contribution in [2.75, 3.05) is 18.2 Å². The molecule has 1 amide bonds. The number of rotatable bonds is 7. The van der Waals surface area contributed by atoms with E-state index in [1.54, 1.807) is 38.3 Å². The number of aromatic nitrogens is 3. The van der Waals surface area contributed by atoms with Gasteiger partial charge < -0.3 is 10.1 Å². The van der Waals surface area contributed by atoms with Crippen molar-refractivity contribution < 1.29 is 13.9 Å². The van der Waals surface area contributed by atoms with Gasteiger partial charge in [-0.05, 0) is 61.0 Å². The Morgan fingerprint density at radius 1 is 1.12 bits per heavy atom. The van der Waals surface area contributed by atoms with Gasteiger partial charge in [0.1, 0.15) is 11.6 Å². The summed E-state index contributed by atoms with van der Waals surface area (Å²) in [4.78, 5) is 12.5. The maximum Gasteiger partial charge on any atom is 0.234 e. The fourth-order valence-corrected chi connectivity index (χ4v) is 4.01. The predicted octanol–water partition coefficient (Wildman–Crippen LogP) is 5.77. The van der Waals surface area contributed by atoms with Crippen LogP contribution in [0.2, 0.25) is 5.02 Å². The zero-order valence-electron chi connectivity index (χ0n) is 17.9. The van der Waals surface area contributed by atoms with Crippen LogP contribution in [0.1, 0.15) is 5.56 Å². The predicted molar refractivity (Wildman–Crippen MR) is 129 cm³/mol. The smallest absolute Gasteiger partial charge is 0.234 e. The molecule has 4 rings (SSSR count). The van der Waals surface area contributed by atoms with Gasteiger partial charge in [0, 0.05) is 22.0 Å². The van der Waals surface area contributed by atoms with Crippen LogP contribution in [-0.4, -0.2) is 33.5 Å². The minimum Gasteiger partial charge on any atom is -0.497 e. The number of ether oxygens (including phenoxy) is 1. The second-order valence-corrected chi connectivity index (χ2v) is 8.53. The Bertz CT molecular complexity index is 1290. The summed E-state index contributed by atoms with van der Waals surface area (Å²) in [5.41, 5.74) is 2.53. The average Bonchev–Trinajstić information content (AvgIpc) is 3.24. The van der Waals surface area contributed by atoms with E-state index in [2.05, 4.69) is 15.5 Å². The highest BCUT2D eigenvalue weighted by molar-refractivity contribution is 7.99. The van der Waals surface area contributed by atoms with Gasteiger partial charge in [-0.15, -0.1) is 10.2 Å². The van der Waals surface area contributed by atoms with Crippen molar-refractivity contribution in [1.29, 1.82) is 0 Å². The van der Waals surface area contributed by atoms with E-state index in [-0.39, 0.29) is 17.5 Å². The topological polar surface area (TPSA) is 69.0 Å². The van der Waals surface area contributed by atoms with Crippen LogP contribution in [0.3, 0.4) is 0 Å². The molecular weight excluding hydrogens is 463 g/mol. The van der Waals surface area contributed by atoms with Crippen LogP contribution < -0.4 is 10.1 Å². The number of amides is 1. The molecule has 33 heavy (non-hydrogen) atoms. The Labute approximate surface area is 199 Å².